The van der Waals surface area contributed by atoms with Crippen molar-refractivity contribution in [2.24, 2.45) is 17.1 Å². The third kappa shape index (κ3) is 2.85. The molecule has 4 N–H and O–H groups in total. The first-order valence-electron chi connectivity index (χ1n) is 6.37. The Kier molecular flexibility index (Phi) is 4.85. The molecule has 0 aliphatic heterocycles. The molecule has 0 aromatic heterocycles. The lowest BCUT2D eigenvalue weighted by atomic mass is 9.76. The van der Waals surface area contributed by atoms with Crippen LogP contribution < -0.4 is 11.7 Å². The molecule has 2 amide bonds. The molecule has 6 heteroatoms. The summed E-state index contributed by atoms with van der Waals surface area (Å²) in [6.07, 6.45) is 5.48. The number of rotatable bonds is 4. The molecule has 0 saturated heterocycles. The quantitative estimate of drug-likeness (QED) is 0.332. The van der Waals surface area contributed by atoms with E-state index >= 15 is 0 Å². The Morgan fingerprint density at radius 3 is 2.05 bits per heavy atom. The van der Waals surface area contributed by atoms with Gasteiger partial charge in [-0.15, -0.1) is 0 Å². The predicted octanol–water partition coefficient (Wildman–Crippen LogP) is 0.323. The number of hydrogen-bond acceptors (Lipinski definition) is 4. The third-order valence-electron chi connectivity index (χ3n) is 3.29. The summed E-state index contributed by atoms with van der Waals surface area (Å²) < 4.78 is 0. The van der Waals surface area contributed by atoms with Crippen molar-refractivity contribution >= 4 is 11.8 Å². The maximum absolute atomic E-state index is 12.5. The fraction of sp³-hybridized carbons (Fsp3) is 0.538. The summed E-state index contributed by atoms with van der Waals surface area (Å²) in [5.74, 6) is 10.5. The van der Waals surface area contributed by atoms with E-state index < -0.39 is 17.2 Å². The molecule has 0 bridgehead atoms. The van der Waals surface area contributed by atoms with Crippen LogP contribution in [0, 0.1) is 5.41 Å². The molecule has 0 unspecified atom stereocenters. The molecule has 1 aliphatic rings. The van der Waals surface area contributed by atoms with Gasteiger partial charge in [-0.25, -0.2) is 11.7 Å². The second kappa shape index (κ2) is 5.99. The van der Waals surface area contributed by atoms with Crippen molar-refractivity contribution in [1.82, 2.24) is 10.0 Å². The SMILES string of the molecule is CCN(N)C(=O)C1(C(=O)N(N)CC)C=CC=C(C)C1. The van der Waals surface area contributed by atoms with E-state index in [1.807, 2.05) is 13.0 Å². The van der Waals surface area contributed by atoms with Crippen LogP contribution in [-0.2, 0) is 9.59 Å². The van der Waals surface area contributed by atoms with E-state index in [4.69, 9.17) is 11.7 Å². The molecule has 0 heterocycles. The summed E-state index contributed by atoms with van der Waals surface area (Å²) in [6.45, 7) is 6.05. The molecule has 106 valence electrons. The fourth-order valence-electron chi connectivity index (χ4n) is 2.12. The minimum absolute atomic E-state index is 0.308. The van der Waals surface area contributed by atoms with Gasteiger partial charge < -0.3 is 0 Å². The normalized spacial score (nSPS) is 16.8. The molecule has 0 aromatic carbocycles. The van der Waals surface area contributed by atoms with Gasteiger partial charge in [0.15, 0.2) is 5.41 Å². The van der Waals surface area contributed by atoms with Crippen molar-refractivity contribution in [3.63, 3.8) is 0 Å². The molecular weight excluding hydrogens is 244 g/mol. The van der Waals surface area contributed by atoms with Gasteiger partial charge in [0.2, 0.25) is 0 Å². The van der Waals surface area contributed by atoms with Gasteiger partial charge >= 0.3 is 0 Å². The van der Waals surface area contributed by atoms with E-state index in [2.05, 4.69) is 0 Å². The van der Waals surface area contributed by atoms with Crippen LogP contribution in [0.15, 0.2) is 23.8 Å². The van der Waals surface area contributed by atoms with Crippen LogP contribution in [0.4, 0.5) is 0 Å². The number of hydrogen-bond donors (Lipinski definition) is 2. The summed E-state index contributed by atoms with van der Waals surface area (Å²) in [7, 11) is 0. The van der Waals surface area contributed by atoms with Gasteiger partial charge in [0.1, 0.15) is 0 Å². The highest BCUT2D eigenvalue weighted by Gasteiger charge is 2.47. The molecular formula is C13H22N4O2. The van der Waals surface area contributed by atoms with E-state index in [-0.39, 0.29) is 0 Å². The van der Waals surface area contributed by atoms with Crippen molar-refractivity contribution in [3.8, 4) is 0 Å². The van der Waals surface area contributed by atoms with Crippen molar-refractivity contribution in [2.45, 2.75) is 27.2 Å². The van der Waals surface area contributed by atoms with Gasteiger partial charge in [-0.05, 0) is 27.2 Å². The average molecular weight is 266 g/mol. The maximum atomic E-state index is 12.5. The standard InChI is InChI=1S/C13H22N4O2/c1-4-16(14)11(18)13(12(19)17(15)5-2)8-6-7-10(3)9-13/h6-8H,4-5,9,14-15H2,1-3H3. The Labute approximate surface area is 113 Å². The van der Waals surface area contributed by atoms with E-state index in [9.17, 15) is 9.59 Å². The number of carbonyl (C=O) groups excluding carboxylic acids is 2. The van der Waals surface area contributed by atoms with Gasteiger partial charge in [-0.1, -0.05) is 23.8 Å². The number of allylic oxidation sites excluding steroid dienone is 3. The van der Waals surface area contributed by atoms with Crippen LogP contribution in [-0.4, -0.2) is 34.9 Å². The summed E-state index contributed by atoms with van der Waals surface area (Å²) >= 11 is 0. The van der Waals surface area contributed by atoms with E-state index in [0.717, 1.165) is 15.6 Å². The predicted molar refractivity (Wildman–Crippen MR) is 73.1 cm³/mol. The Bertz CT molecular complexity index is 406. The Morgan fingerprint density at radius 2 is 1.68 bits per heavy atom. The van der Waals surface area contributed by atoms with Crippen molar-refractivity contribution < 1.29 is 9.59 Å². The van der Waals surface area contributed by atoms with Crippen molar-refractivity contribution in [1.29, 1.82) is 0 Å². The zero-order valence-corrected chi connectivity index (χ0v) is 11.7. The van der Waals surface area contributed by atoms with Gasteiger partial charge in [0, 0.05) is 13.1 Å². The average Bonchev–Trinajstić information content (AvgIpc) is 2.43. The first kappa shape index (κ1) is 15.4. The zero-order chi connectivity index (χ0) is 14.6. The van der Waals surface area contributed by atoms with Gasteiger partial charge in [-0.3, -0.25) is 19.6 Å². The van der Waals surface area contributed by atoms with Gasteiger partial charge in [0.25, 0.3) is 11.8 Å². The first-order chi connectivity index (χ1) is 8.89. The molecule has 0 radical (unpaired) electrons. The fourth-order valence-corrected chi connectivity index (χ4v) is 2.12. The second-order valence-electron chi connectivity index (χ2n) is 4.70. The van der Waals surface area contributed by atoms with Gasteiger partial charge in [-0.2, -0.15) is 0 Å². The third-order valence-corrected chi connectivity index (χ3v) is 3.29. The smallest absolute Gasteiger partial charge is 0.256 e. The highest BCUT2D eigenvalue weighted by Crippen LogP contribution is 2.34. The number of amides is 2. The Balaban J connectivity index is 3.20. The van der Waals surface area contributed by atoms with Crippen molar-refractivity contribution in [2.75, 3.05) is 13.1 Å². The lowest BCUT2D eigenvalue weighted by molar-refractivity contribution is -0.153. The molecule has 0 atom stereocenters. The van der Waals surface area contributed by atoms with Crippen LogP contribution in [0.1, 0.15) is 27.2 Å². The molecule has 6 nitrogen and oxygen atoms in total. The minimum atomic E-state index is -1.31. The van der Waals surface area contributed by atoms with Crippen LogP contribution in [0.5, 0.6) is 0 Å². The number of carbonyl (C=O) groups is 2. The first-order valence-corrected chi connectivity index (χ1v) is 6.37. The topological polar surface area (TPSA) is 92.7 Å². The number of hydrazine groups is 2. The lowest BCUT2D eigenvalue weighted by Crippen LogP contribution is -2.56. The lowest BCUT2D eigenvalue weighted by Gasteiger charge is -2.35. The van der Waals surface area contributed by atoms with Crippen LogP contribution >= 0.6 is 0 Å². The summed E-state index contributed by atoms with van der Waals surface area (Å²) in [4.78, 5) is 25.0. The molecule has 0 saturated carbocycles. The Morgan fingerprint density at radius 1 is 1.21 bits per heavy atom. The summed E-state index contributed by atoms with van der Waals surface area (Å²) in [5.41, 5.74) is -0.368. The minimum Gasteiger partial charge on any atom is -0.280 e. The number of nitrogens with zero attached hydrogens (tertiary/aromatic N) is 2. The molecule has 0 aromatic rings. The van der Waals surface area contributed by atoms with E-state index in [1.165, 1.54) is 0 Å². The molecule has 0 spiro atoms. The van der Waals surface area contributed by atoms with E-state index in [1.54, 1.807) is 26.0 Å². The molecule has 0 fully saturated rings. The monoisotopic (exact) mass is 266 g/mol. The molecule has 1 aliphatic carbocycles. The second-order valence-corrected chi connectivity index (χ2v) is 4.70. The van der Waals surface area contributed by atoms with Crippen LogP contribution in [0.25, 0.3) is 0 Å². The van der Waals surface area contributed by atoms with Gasteiger partial charge in [0.05, 0.1) is 0 Å². The zero-order valence-electron chi connectivity index (χ0n) is 11.7. The van der Waals surface area contributed by atoms with Crippen LogP contribution in [0.3, 0.4) is 0 Å². The Hall–Kier alpha value is -1.66. The largest absolute Gasteiger partial charge is 0.280 e. The maximum Gasteiger partial charge on any atom is 0.256 e. The highest BCUT2D eigenvalue weighted by atomic mass is 16.2. The van der Waals surface area contributed by atoms with Crippen molar-refractivity contribution in [3.05, 3.63) is 23.8 Å². The van der Waals surface area contributed by atoms with E-state index in [0.29, 0.717) is 19.5 Å². The molecule has 1 rings (SSSR count). The molecule has 19 heavy (non-hydrogen) atoms. The summed E-state index contributed by atoms with van der Waals surface area (Å²) in [6, 6.07) is 0. The number of nitrogens with two attached hydrogens (primary N) is 2. The highest BCUT2D eigenvalue weighted by molar-refractivity contribution is 6.07. The van der Waals surface area contributed by atoms with Crippen LogP contribution in [0.2, 0.25) is 0 Å². The summed E-state index contributed by atoms with van der Waals surface area (Å²) in [5, 5.41) is 2.12.